The van der Waals surface area contributed by atoms with Gasteiger partial charge in [0.25, 0.3) is 5.91 Å². The number of amides is 1. The third-order valence-electron chi connectivity index (χ3n) is 6.01. The van der Waals surface area contributed by atoms with Crippen LogP contribution in [0.25, 0.3) is 16.7 Å². The topological polar surface area (TPSA) is 88.9 Å². The second kappa shape index (κ2) is 7.64. The van der Waals surface area contributed by atoms with E-state index in [2.05, 4.69) is 21.8 Å². The fourth-order valence-electron chi connectivity index (χ4n) is 4.18. The van der Waals surface area contributed by atoms with Crippen LogP contribution in [0.15, 0.2) is 54.9 Å². The average molecular weight is 428 g/mol. The molecule has 2 aromatic carbocycles. The second-order valence-electron chi connectivity index (χ2n) is 8.18. The number of carbonyl (C=O) groups is 1. The zero-order valence-electron chi connectivity index (χ0n) is 18.3. The Morgan fingerprint density at radius 2 is 1.91 bits per heavy atom. The number of ether oxygens (including phenoxy) is 1. The number of hydrogen-bond donors (Lipinski definition) is 1. The second-order valence-corrected chi connectivity index (χ2v) is 8.18. The number of likely N-dealkylation sites (tertiary alicyclic amines) is 1. The van der Waals surface area contributed by atoms with E-state index in [0.717, 1.165) is 39.3 Å². The predicted octanol–water partition coefficient (Wildman–Crippen LogP) is 3.91. The first-order valence-electron chi connectivity index (χ1n) is 10.4. The quantitative estimate of drug-likeness (QED) is 0.498. The Morgan fingerprint density at radius 3 is 2.66 bits per heavy atom. The summed E-state index contributed by atoms with van der Waals surface area (Å²) in [6.07, 6.45) is 3.86. The summed E-state index contributed by atoms with van der Waals surface area (Å²) in [5.74, 6) is 1.40. The molecule has 0 spiro atoms. The van der Waals surface area contributed by atoms with Crippen LogP contribution in [0.5, 0.6) is 5.75 Å². The third kappa shape index (κ3) is 3.33. The molecule has 162 valence electrons. The first-order valence-corrected chi connectivity index (χ1v) is 10.4. The number of carbonyl (C=O) groups excluding carboxylic acids is 1. The molecule has 5 rings (SSSR count). The molecule has 8 heteroatoms. The normalized spacial score (nSPS) is 16.2. The van der Waals surface area contributed by atoms with Crippen molar-refractivity contribution >= 4 is 16.9 Å². The minimum Gasteiger partial charge on any atom is -0.497 e. The molecule has 2 aromatic heterocycles. The van der Waals surface area contributed by atoms with E-state index in [1.54, 1.807) is 19.5 Å². The number of hydrogen-bond acceptors (Lipinski definition) is 5. The summed E-state index contributed by atoms with van der Waals surface area (Å²) in [6, 6.07) is 9.34. The van der Waals surface area contributed by atoms with Crippen molar-refractivity contribution in [3.05, 3.63) is 77.4 Å². The van der Waals surface area contributed by atoms with Crippen LogP contribution < -0.4 is 4.74 Å². The summed E-state index contributed by atoms with van der Waals surface area (Å²) < 4.78 is 5.32. The van der Waals surface area contributed by atoms with Crippen molar-refractivity contribution in [3.63, 3.8) is 0 Å². The molecule has 1 unspecified atom stereocenters. The molecule has 1 saturated heterocycles. The smallest absolute Gasteiger partial charge is 0.257 e. The molecule has 0 saturated carbocycles. The molecule has 1 N–H and O–H groups in total. The third-order valence-corrected chi connectivity index (χ3v) is 6.01. The summed E-state index contributed by atoms with van der Waals surface area (Å²) in [5, 5.41) is 8.50. The van der Waals surface area contributed by atoms with Gasteiger partial charge in [-0.1, -0.05) is 12.2 Å². The van der Waals surface area contributed by atoms with Gasteiger partial charge in [0.2, 0.25) is 0 Å². The van der Waals surface area contributed by atoms with Crippen molar-refractivity contribution in [3.8, 4) is 11.4 Å². The highest BCUT2D eigenvalue weighted by Gasteiger charge is 2.36. The minimum atomic E-state index is -0.228. The molecule has 1 amide bonds. The van der Waals surface area contributed by atoms with Crippen LogP contribution >= 0.6 is 0 Å². The largest absolute Gasteiger partial charge is 0.497 e. The number of rotatable bonds is 4. The van der Waals surface area contributed by atoms with E-state index in [1.165, 1.54) is 4.80 Å². The van der Waals surface area contributed by atoms with E-state index in [9.17, 15) is 4.79 Å². The summed E-state index contributed by atoms with van der Waals surface area (Å²) in [6.45, 7) is 8.64. The van der Waals surface area contributed by atoms with Crippen molar-refractivity contribution < 1.29 is 9.53 Å². The van der Waals surface area contributed by atoms with Crippen molar-refractivity contribution in [2.24, 2.45) is 0 Å². The van der Waals surface area contributed by atoms with E-state index in [0.29, 0.717) is 24.2 Å². The van der Waals surface area contributed by atoms with Crippen molar-refractivity contribution in [1.82, 2.24) is 29.9 Å². The van der Waals surface area contributed by atoms with Gasteiger partial charge in [-0.2, -0.15) is 15.0 Å². The summed E-state index contributed by atoms with van der Waals surface area (Å²) in [5.41, 5.74) is 6.02. The lowest BCUT2D eigenvalue weighted by atomic mass is 10.0. The summed E-state index contributed by atoms with van der Waals surface area (Å²) in [4.78, 5) is 25.3. The van der Waals surface area contributed by atoms with Crippen LogP contribution in [0.2, 0.25) is 0 Å². The number of aromatic nitrogens is 5. The highest BCUT2D eigenvalue weighted by Crippen LogP contribution is 2.36. The Bertz CT molecular complexity index is 1340. The molecule has 0 aliphatic carbocycles. The Kier molecular flexibility index (Phi) is 4.77. The van der Waals surface area contributed by atoms with Crippen LogP contribution in [0.3, 0.4) is 0 Å². The van der Waals surface area contributed by atoms with E-state index in [1.807, 2.05) is 49.1 Å². The lowest BCUT2D eigenvalue weighted by molar-refractivity contribution is 0.0732. The molecular formula is C24H24N6O2. The van der Waals surface area contributed by atoms with Gasteiger partial charge in [0, 0.05) is 12.6 Å². The Labute approximate surface area is 185 Å². The van der Waals surface area contributed by atoms with Crippen molar-refractivity contribution in [2.75, 3.05) is 13.7 Å². The summed E-state index contributed by atoms with van der Waals surface area (Å²) >= 11 is 0. The molecule has 0 radical (unpaired) electrons. The van der Waals surface area contributed by atoms with Gasteiger partial charge in [-0.3, -0.25) is 4.79 Å². The fourth-order valence-corrected chi connectivity index (χ4v) is 4.18. The number of aromatic amines is 1. The summed E-state index contributed by atoms with van der Waals surface area (Å²) in [7, 11) is 1.63. The fraction of sp³-hybridized carbons (Fsp3) is 0.250. The average Bonchev–Trinajstić information content (AvgIpc) is 3.53. The molecule has 1 aliphatic heterocycles. The Morgan fingerprint density at radius 1 is 1.16 bits per heavy atom. The van der Waals surface area contributed by atoms with Gasteiger partial charge in [-0.25, -0.2) is 4.98 Å². The van der Waals surface area contributed by atoms with E-state index in [-0.39, 0.29) is 11.9 Å². The SMILES string of the molecule is C=C1CC(c2nc3ccc(OC)cc3[nH]2)N(C(=O)c2cc(C)c(C)cc2-n2nccn2)C1. The number of aryl methyl sites for hydroxylation is 2. The van der Waals surface area contributed by atoms with Crippen LogP contribution in [0, 0.1) is 13.8 Å². The Balaban J connectivity index is 1.56. The molecule has 1 atom stereocenters. The molecular weight excluding hydrogens is 404 g/mol. The van der Waals surface area contributed by atoms with Crippen LogP contribution in [0.1, 0.15) is 39.8 Å². The predicted molar refractivity (Wildman–Crippen MR) is 121 cm³/mol. The van der Waals surface area contributed by atoms with Gasteiger partial charge in [0.1, 0.15) is 11.6 Å². The highest BCUT2D eigenvalue weighted by atomic mass is 16.5. The van der Waals surface area contributed by atoms with Crippen LogP contribution in [-0.4, -0.2) is 49.4 Å². The number of fused-ring (bicyclic) bond motifs is 1. The highest BCUT2D eigenvalue weighted by molar-refractivity contribution is 5.98. The van der Waals surface area contributed by atoms with Gasteiger partial charge in [-0.05, 0) is 55.7 Å². The lowest BCUT2D eigenvalue weighted by Crippen LogP contribution is -2.32. The van der Waals surface area contributed by atoms with Gasteiger partial charge in [0.15, 0.2) is 0 Å². The number of H-pyrrole nitrogens is 1. The molecule has 0 bridgehead atoms. The maximum Gasteiger partial charge on any atom is 0.257 e. The zero-order valence-corrected chi connectivity index (χ0v) is 18.3. The van der Waals surface area contributed by atoms with Crippen molar-refractivity contribution in [1.29, 1.82) is 0 Å². The molecule has 3 heterocycles. The van der Waals surface area contributed by atoms with Gasteiger partial charge < -0.3 is 14.6 Å². The molecule has 4 aromatic rings. The molecule has 1 fully saturated rings. The number of benzene rings is 2. The number of nitrogens with zero attached hydrogens (tertiary/aromatic N) is 5. The number of methoxy groups -OCH3 is 1. The van der Waals surface area contributed by atoms with Gasteiger partial charge in [0.05, 0.1) is 47.8 Å². The Hall–Kier alpha value is -3.94. The maximum atomic E-state index is 13.8. The monoisotopic (exact) mass is 428 g/mol. The van der Waals surface area contributed by atoms with E-state index < -0.39 is 0 Å². The minimum absolute atomic E-state index is 0.0953. The van der Waals surface area contributed by atoms with E-state index in [4.69, 9.17) is 9.72 Å². The van der Waals surface area contributed by atoms with Gasteiger partial charge >= 0.3 is 0 Å². The zero-order chi connectivity index (χ0) is 22.4. The first-order chi connectivity index (χ1) is 15.4. The number of nitrogens with one attached hydrogen (secondary N) is 1. The van der Waals surface area contributed by atoms with Crippen LogP contribution in [-0.2, 0) is 0 Å². The molecule has 32 heavy (non-hydrogen) atoms. The first kappa shape index (κ1) is 20.0. The number of imidazole rings is 1. The lowest BCUT2D eigenvalue weighted by Gasteiger charge is -2.24. The van der Waals surface area contributed by atoms with Crippen LogP contribution in [0.4, 0.5) is 0 Å². The van der Waals surface area contributed by atoms with E-state index >= 15 is 0 Å². The van der Waals surface area contributed by atoms with Gasteiger partial charge in [-0.15, -0.1) is 0 Å². The van der Waals surface area contributed by atoms with Crippen molar-refractivity contribution in [2.45, 2.75) is 26.3 Å². The molecule has 1 aliphatic rings. The maximum absolute atomic E-state index is 13.8. The molecule has 8 nitrogen and oxygen atoms in total. The standard InChI is InChI=1S/C24H24N6O2/c1-14-9-22(23-27-19-6-5-17(32-4)12-20(19)28-23)29(13-14)24(31)18-10-15(2)16(3)11-21(18)30-25-7-8-26-30/h5-8,10-12,22H,1,9,13H2,2-4H3,(H,27,28).